The van der Waals surface area contributed by atoms with Gasteiger partial charge in [0, 0.05) is 29.0 Å². The molecule has 2 amide bonds. The van der Waals surface area contributed by atoms with Crippen molar-refractivity contribution in [2.75, 3.05) is 24.2 Å². The van der Waals surface area contributed by atoms with E-state index in [0.717, 1.165) is 30.6 Å². The lowest BCUT2D eigenvalue weighted by atomic mass is 10.0. The zero-order chi connectivity index (χ0) is 26.3. The molecule has 0 aromatic heterocycles. The Morgan fingerprint density at radius 2 is 1.42 bits per heavy atom. The van der Waals surface area contributed by atoms with Gasteiger partial charge in [-0.05, 0) is 47.5 Å². The number of nitrogens with zero attached hydrogens (tertiary/aromatic N) is 2. The first kappa shape index (κ1) is 27.9. The highest BCUT2D eigenvalue weighted by molar-refractivity contribution is 9.10. The average molecular weight is 637 g/mol. The zero-order valence-corrected chi connectivity index (χ0v) is 23.9. The van der Waals surface area contributed by atoms with E-state index in [9.17, 15) is 18.0 Å². The second-order valence-electron chi connectivity index (χ2n) is 8.21. The molecule has 0 radical (unpaired) electrons. The number of sulfonamides is 1. The van der Waals surface area contributed by atoms with Gasteiger partial charge in [0.1, 0.15) is 12.6 Å². The Balaban J connectivity index is 2.00. The number of rotatable bonds is 10. The maximum atomic E-state index is 13.8. The van der Waals surface area contributed by atoms with Crippen molar-refractivity contribution in [1.82, 2.24) is 10.2 Å². The van der Waals surface area contributed by atoms with Crippen molar-refractivity contribution >= 4 is 59.4 Å². The van der Waals surface area contributed by atoms with Crippen LogP contribution >= 0.6 is 31.9 Å². The Morgan fingerprint density at radius 3 is 1.94 bits per heavy atom. The second-order valence-corrected chi connectivity index (χ2v) is 12.0. The van der Waals surface area contributed by atoms with Crippen molar-refractivity contribution in [2.24, 2.45) is 0 Å². The van der Waals surface area contributed by atoms with E-state index in [1.807, 2.05) is 54.6 Å². The van der Waals surface area contributed by atoms with Gasteiger partial charge in [-0.25, -0.2) is 8.42 Å². The van der Waals surface area contributed by atoms with Gasteiger partial charge >= 0.3 is 0 Å². The fraction of sp³-hybridized carbons (Fsp3) is 0.231. The van der Waals surface area contributed by atoms with Crippen LogP contribution in [0.25, 0.3) is 0 Å². The molecule has 0 bridgehead atoms. The number of likely N-dealkylation sites (N-methyl/N-ethyl adjacent to an activating group) is 1. The third-order valence-corrected chi connectivity index (χ3v) is 7.78. The van der Waals surface area contributed by atoms with E-state index in [2.05, 4.69) is 37.2 Å². The lowest BCUT2D eigenvalue weighted by molar-refractivity contribution is -0.139. The first-order valence-corrected chi connectivity index (χ1v) is 14.5. The van der Waals surface area contributed by atoms with Crippen molar-refractivity contribution in [3.63, 3.8) is 0 Å². The molecule has 0 unspecified atom stereocenters. The Hall–Kier alpha value is -2.69. The molecule has 0 saturated carbocycles. The van der Waals surface area contributed by atoms with Gasteiger partial charge in [0.15, 0.2) is 0 Å². The molecule has 0 saturated heterocycles. The number of carbonyl (C=O) groups excluding carboxylic acids is 2. The molecule has 3 rings (SSSR count). The van der Waals surface area contributed by atoms with Crippen molar-refractivity contribution in [1.29, 1.82) is 0 Å². The topological polar surface area (TPSA) is 86.8 Å². The van der Waals surface area contributed by atoms with Crippen molar-refractivity contribution < 1.29 is 18.0 Å². The van der Waals surface area contributed by atoms with E-state index in [0.29, 0.717) is 5.69 Å². The van der Waals surface area contributed by atoms with E-state index in [1.165, 1.54) is 11.9 Å². The quantitative estimate of drug-likeness (QED) is 0.358. The van der Waals surface area contributed by atoms with E-state index < -0.39 is 28.5 Å². The molecule has 3 aromatic carbocycles. The number of halogens is 2. The Kier molecular flexibility index (Phi) is 9.69. The van der Waals surface area contributed by atoms with Crippen molar-refractivity contribution in [3.05, 3.63) is 98.9 Å². The summed E-state index contributed by atoms with van der Waals surface area (Å²) in [4.78, 5) is 28.3. The van der Waals surface area contributed by atoms with E-state index >= 15 is 0 Å². The minimum Gasteiger partial charge on any atom is -0.357 e. The molecule has 0 heterocycles. The summed E-state index contributed by atoms with van der Waals surface area (Å²) in [6.07, 6.45) is 1.33. The van der Waals surface area contributed by atoms with Crippen LogP contribution in [-0.4, -0.2) is 51.0 Å². The number of anilines is 1. The summed E-state index contributed by atoms with van der Waals surface area (Å²) in [5.41, 5.74) is 2.05. The van der Waals surface area contributed by atoms with Gasteiger partial charge in [-0.3, -0.25) is 13.9 Å². The van der Waals surface area contributed by atoms with Gasteiger partial charge in [-0.1, -0.05) is 74.3 Å². The average Bonchev–Trinajstić information content (AvgIpc) is 2.86. The van der Waals surface area contributed by atoms with Gasteiger partial charge in [0.25, 0.3) is 0 Å². The SMILES string of the molecule is CNC(=O)[C@H](Cc1ccccc1)N(Cc1ccc(Br)cc1)C(=O)CN(c1ccc(Br)cc1)S(C)(=O)=O. The highest BCUT2D eigenvalue weighted by Gasteiger charge is 2.32. The van der Waals surface area contributed by atoms with Gasteiger partial charge < -0.3 is 10.2 Å². The standard InChI is InChI=1S/C26H27Br2N3O4S/c1-29-26(33)24(16-19-6-4-3-5-7-19)30(17-20-8-10-21(27)11-9-20)25(32)18-31(36(2,34)35)23-14-12-22(28)13-15-23/h3-15,24H,16-18H2,1-2H3,(H,29,33)/t24-/m0/s1. The molecule has 1 N–H and O–H groups in total. The summed E-state index contributed by atoms with van der Waals surface area (Å²) in [5.74, 6) is -0.824. The fourth-order valence-electron chi connectivity index (χ4n) is 3.73. The Bertz CT molecular complexity index is 1290. The predicted octanol–water partition coefficient (Wildman–Crippen LogP) is 4.36. The number of carbonyl (C=O) groups is 2. The molecule has 0 fully saturated rings. The number of benzene rings is 3. The monoisotopic (exact) mass is 635 g/mol. The highest BCUT2D eigenvalue weighted by atomic mass is 79.9. The molecule has 1 atom stereocenters. The van der Waals surface area contributed by atoms with Crippen LogP contribution in [0.5, 0.6) is 0 Å². The summed E-state index contributed by atoms with van der Waals surface area (Å²) >= 11 is 6.76. The highest BCUT2D eigenvalue weighted by Crippen LogP contribution is 2.22. The van der Waals surface area contributed by atoms with Gasteiger partial charge in [-0.2, -0.15) is 0 Å². The minimum absolute atomic E-state index is 0.134. The van der Waals surface area contributed by atoms with Crippen LogP contribution in [0.15, 0.2) is 87.8 Å². The molecule has 7 nitrogen and oxygen atoms in total. The number of nitrogens with one attached hydrogen (secondary N) is 1. The minimum atomic E-state index is -3.78. The summed E-state index contributed by atoms with van der Waals surface area (Å²) in [6.45, 7) is -0.311. The number of amides is 2. The molecule has 10 heteroatoms. The maximum absolute atomic E-state index is 13.8. The summed E-state index contributed by atoms with van der Waals surface area (Å²) < 4.78 is 28.1. The van der Waals surface area contributed by atoms with Crippen LogP contribution in [0.4, 0.5) is 5.69 Å². The molecule has 3 aromatic rings. The Morgan fingerprint density at radius 1 is 0.861 bits per heavy atom. The summed E-state index contributed by atoms with van der Waals surface area (Å²) in [6, 6.07) is 22.6. The summed E-state index contributed by atoms with van der Waals surface area (Å²) in [7, 11) is -2.26. The lowest BCUT2D eigenvalue weighted by Gasteiger charge is -2.33. The normalized spacial score (nSPS) is 12.0. The molecule has 0 aliphatic carbocycles. The van der Waals surface area contributed by atoms with Crippen LogP contribution in [-0.2, 0) is 32.6 Å². The number of hydrogen-bond acceptors (Lipinski definition) is 4. The van der Waals surface area contributed by atoms with Crippen LogP contribution < -0.4 is 9.62 Å². The molecule has 0 aliphatic rings. The molecule has 36 heavy (non-hydrogen) atoms. The van der Waals surface area contributed by atoms with Gasteiger partial charge in [0.2, 0.25) is 21.8 Å². The first-order chi connectivity index (χ1) is 17.1. The third kappa shape index (κ3) is 7.65. The fourth-order valence-corrected chi connectivity index (χ4v) is 5.11. The third-order valence-electron chi connectivity index (χ3n) is 5.58. The van der Waals surface area contributed by atoms with Gasteiger partial charge in [0.05, 0.1) is 11.9 Å². The smallest absolute Gasteiger partial charge is 0.244 e. The van der Waals surface area contributed by atoms with Crippen LogP contribution in [0.3, 0.4) is 0 Å². The largest absolute Gasteiger partial charge is 0.357 e. The number of hydrogen-bond donors (Lipinski definition) is 1. The molecular formula is C26H27Br2N3O4S. The first-order valence-electron chi connectivity index (χ1n) is 11.1. The van der Waals surface area contributed by atoms with Crippen molar-refractivity contribution in [3.8, 4) is 0 Å². The van der Waals surface area contributed by atoms with Crippen LogP contribution in [0.1, 0.15) is 11.1 Å². The molecule has 0 spiro atoms. The lowest BCUT2D eigenvalue weighted by Crippen LogP contribution is -2.52. The van der Waals surface area contributed by atoms with E-state index in [4.69, 9.17) is 0 Å². The van der Waals surface area contributed by atoms with Gasteiger partial charge in [-0.15, -0.1) is 0 Å². The van der Waals surface area contributed by atoms with E-state index in [-0.39, 0.29) is 18.9 Å². The zero-order valence-electron chi connectivity index (χ0n) is 19.9. The molecular weight excluding hydrogens is 610 g/mol. The molecule has 190 valence electrons. The summed E-state index contributed by atoms with van der Waals surface area (Å²) in [5, 5.41) is 2.66. The van der Waals surface area contributed by atoms with Crippen LogP contribution in [0, 0.1) is 0 Å². The van der Waals surface area contributed by atoms with Crippen LogP contribution in [0.2, 0.25) is 0 Å². The van der Waals surface area contributed by atoms with Crippen molar-refractivity contribution in [2.45, 2.75) is 19.0 Å². The van der Waals surface area contributed by atoms with E-state index in [1.54, 1.807) is 24.3 Å². The Labute approximate surface area is 228 Å². The second kappa shape index (κ2) is 12.5. The predicted molar refractivity (Wildman–Crippen MR) is 149 cm³/mol. The maximum Gasteiger partial charge on any atom is 0.244 e. The molecule has 0 aliphatic heterocycles.